The maximum atomic E-state index is 11.9. The molecule has 0 spiro atoms. The Bertz CT molecular complexity index is 282. The fourth-order valence-electron chi connectivity index (χ4n) is 1.86. The van der Waals surface area contributed by atoms with E-state index in [9.17, 15) is 9.59 Å². The molecule has 0 bridgehead atoms. The molecule has 1 aliphatic rings. The predicted octanol–water partition coefficient (Wildman–Crippen LogP) is 0.535. The van der Waals surface area contributed by atoms with Crippen molar-refractivity contribution in [2.45, 2.75) is 32.8 Å². The molecular weight excluding hydrogens is 232 g/mol. The summed E-state index contributed by atoms with van der Waals surface area (Å²) in [7, 11) is 1.91. The van der Waals surface area contributed by atoms with Crippen molar-refractivity contribution < 1.29 is 14.3 Å². The fourth-order valence-corrected chi connectivity index (χ4v) is 1.86. The SMILES string of the molecule is CC(C)OCCN(C)CC(=O)N1CCC(=O)CC1. The number of Topliss-reactive ketones (excluding diaryl/α,β-unsaturated/α-hetero) is 1. The molecule has 5 nitrogen and oxygen atoms in total. The van der Waals surface area contributed by atoms with Crippen molar-refractivity contribution in [2.75, 3.05) is 39.8 Å². The third kappa shape index (κ3) is 5.60. The summed E-state index contributed by atoms with van der Waals surface area (Å²) in [6, 6.07) is 0. The fraction of sp³-hybridized carbons (Fsp3) is 0.846. The molecule has 0 radical (unpaired) electrons. The van der Waals surface area contributed by atoms with E-state index in [0.29, 0.717) is 39.1 Å². The first-order chi connectivity index (χ1) is 8.49. The van der Waals surface area contributed by atoms with Crippen LogP contribution in [0.15, 0.2) is 0 Å². The zero-order valence-electron chi connectivity index (χ0n) is 11.6. The van der Waals surface area contributed by atoms with Gasteiger partial charge in [-0.1, -0.05) is 0 Å². The number of rotatable bonds is 6. The van der Waals surface area contributed by atoms with E-state index in [1.807, 2.05) is 25.8 Å². The predicted molar refractivity (Wildman–Crippen MR) is 69.4 cm³/mol. The molecule has 0 N–H and O–H groups in total. The molecule has 18 heavy (non-hydrogen) atoms. The van der Waals surface area contributed by atoms with E-state index >= 15 is 0 Å². The van der Waals surface area contributed by atoms with Crippen LogP contribution in [0.2, 0.25) is 0 Å². The van der Waals surface area contributed by atoms with Gasteiger partial charge in [-0.3, -0.25) is 14.5 Å². The molecule has 0 aromatic carbocycles. The second-order valence-corrected chi connectivity index (χ2v) is 5.08. The van der Waals surface area contributed by atoms with Crippen molar-refractivity contribution in [3.63, 3.8) is 0 Å². The first-order valence-corrected chi connectivity index (χ1v) is 6.58. The quantitative estimate of drug-likeness (QED) is 0.696. The van der Waals surface area contributed by atoms with Crippen LogP contribution in [0.5, 0.6) is 0 Å². The number of likely N-dealkylation sites (tertiary alicyclic amines) is 1. The van der Waals surface area contributed by atoms with Gasteiger partial charge >= 0.3 is 0 Å². The molecule has 1 rings (SSSR count). The maximum Gasteiger partial charge on any atom is 0.236 e. The largest absolute Gasteiger partial charge is 0.377 e. The first kappa shape index (κ1) is 15.1. The highest BCUT2D eigenvalue weighted by Crippen LogP contribution is 2.06. The third-order valence-corrected chi connectivity index (χ3v) is 3.00. The van der Waals surface area contributed by atoms with Gasteiger partial charge in [-0.25, -0.2) is 0 Å². The standard InChI is InChI=1S/C13H24N2O3/c1-11(2)18-9-8-14(3)10-13(17)15-6-4-12(16)5-7-15/h11H,4-10H2,1-3H3. The van der Waals surface area contributed by atoms with Crippen molar-refractivity contribution in [1.82, 2.24) is 9.80 Å². The number of carbonyl (C=O) groups is 2. The Balaban J connectivity index is 2.20. The van der Waals surface area contributed by atoms with Gasteiger partial charge in [-0.15, -0.1) is 0 Å². The van der Waals surface area contributed by atoms with E-state index in [4.69, 9.17) is 4.74 Å². The van der Waals surface area contributed by atoms with E-state index in [1.54, 1.807) is 4.90 Å². The van der Waals surface area contributed by atoms with E-state index in [-0.39, 0.29) is 17.8 Å². The van der Waals surface area contributed by atoms with Crippen LogP contribution in [0.4, 0.5) is 0 Å². The third-order valence-electron chi connectivity index (χ3n) is 3.00. The average Bonchev–Trinajstić information content (AvgIpc) is 2.29. The molecule has 1 saturated heterocycles. The lowest BCUT2D eigenvalue weighted by molar-refractivity contribution is -0.135. The van der Waals surface area contributed by atoms with Crippen LogP contribution in [0.3, 0.4) is 0 Å². The lowest BCUT2D eigenvalue weighted by Gasteiger charge is -2.28. The average molecular weight is 256 g/mol. The number of piperidine rings is 1. The van der Waals surface area contributed by atoms with Crippen LogP contribution in [0, 0.1) is 0 Å². The summed E-state index contributed by atoms with van der Waals surface area (Å²) in [5, 5.41) is 0. The zero-order chi connectivity index (χ0) is 13.5. The number of amides is 1. The molecule has 1 aliphatic heterocycles. The molecule has 0 aromatic rings. The molecule has 1 amide bonds. The van der Waals surface area contributed by atoms with Gasteiger partial charge in [0.15, 0.2) is 0 Å². The summed E-state index contributed by atoms with van der Waals surface area (Å²) in [5.74, 6) is 0.368. The maximum absolute atomic E-state index is 11.9. The Morgan fingerprint density at radius 1 is 1.39 bits per heavy atom. The Morgan fingerprint density at radius 2 is 2.00 bits per heavy atom. The summed E-state index contributed by atoms with van der Waals surface area (Å²) in [6.07, 6.45) is 1.24. The zero-order valence-corrected chi connectivity index (χ0v) is 11.6. The monoisotopic (exact) mass is 256 g/mol. The minimum atomic E-state index is 0.106. The van der Waals surface area contributed by atoms with E-state index in [1.165, 1.54) is 0 Å². The topological polar surface area (TPSA) is 49.9 Å². The highest BCUT2D eigenvalue weighted by Gasteiger charge is 2.21. The number of carbonyl (C=O) groups excluding carboxylic acids is 2. The minimum Gasteiger partial charge on any atom is -0.377 e. The molecule has 1 fully saturated rings. The van der Waals surface area contributed by atoms with Gasteiger partial charge in [0.25, 0.3) is 0 Å². The summed E-state index contributed by atoms with van der Waals surface area (Å²) < 4.78 is 5.44. The van der Waals surface area contributed by atoms with E-state index in [0.717, 1.165) is 6.54 Å². The van der Waals surface area contributed by atoms with Crippen molar-refractivity contribution in [3.05, 3.63) is 0 Å². The Kier molecular flexibility index (Phi) is 6.29. The van der Waals surface area contributed by atoms with Gasteiger partial charge < -0.3 is 9.64 Å². The van der Waals surface area contributed by atoms with Crippen molar-refractivity contribution in [1.29, 1.82) is 0 Å². The number of nitrogens with zero attached hydrogens (tertiary/aromatic N) is 2. The van der Waals surface area contributed by atoms with Crippen molar-refractivity contribution in [3.8, 4) is 0 Å². The normalized spacial score (nSPS) is 16.7. The molecular formula is C13H24N2O3. The summed E-state index contributed by atoms with van der Waals surface area (Å²) in [4.78, 5) is 26.8. The minimum absolute atomic E-state index is 0.106. The van der Waals surface area contributed by atoms with E-state index in [2.05, 4.69) is 0 Å². The second-order valence-electron chi connectivity index (χ2n) is 5.08. The van der Waals surface area contributed by atoms with E-state index < -0.39 is 0 Å². The Hall–Kier alpha value is -0.940. The molecule has 0 aromatic heterocycles. The van der Waals surface area contributed by atoms with Crippen LogP contribution in [-0.4, -0.2) is 67.4 Å². The van der Waals surface area contributed by atoms with Crippen LogP contribution in [0.1, 0.15) is 26.7 Å². The van der Waals surface area contributed by atoms with Gasteiger partial charge in [0.2, 0.25) is 5.91 Å². The van der Waals surface area contributed by atoms with Gasteiger partial charge in [0.05, 0.1) is 19.3 Å². The van der Waals surface area contributed by atoms with Crippen LogP contribution in [-0.2, 0) is 14.3 Å². The molecule has 1 heterocycles. The van der Waals surface area contributed by atoms with Gasteiger partial charge in [-0.05, 0) is 20.9 Å². The van der Waals surface area contributed by atoms with Crippen molar-refractivity contribution >= 4 is 11.7 Å². The Labute approximate surface area is 109 Å². The summed E-state index contributed by atoms with van der Waals surface area (Å²) in [6.45, 7) is 6.93. The van der Waals surface area contributed by atoms with Crippen LogP contribution >= 0.6 is 0 Å². The molecule has 104 valence electrons. The van der Waals surface area contributed by atoms with Crippen LogP contribution in [0.25, 0.3) is 0 Å². The van der Waals surface area contributed by atoms with Gasteiger partial charge in [-0.2, -0.15) is 0 Å². The number of ketones is 1. The van der Waals surface area contributed by atoms with Gasteiger partial charge in [0.1, 0.15) is 5.78 Å². The number of likely N-dealkylation sites (N-methyl/N-ethyl adjacent to an activating group) is 1. The smallest absolute Gasteiger partial charge is 0.236 e. The lowest BCUT2D eigenvalue weighted by Crippen LogP contribution is -2.44. The number of hydrogen-bond acceptors (Lipinski definition) is 4. The molecule has 0 atom stereocenters. The second kappa shape index (κ2) is 7.48. The van der Waals surface area contributed by atoms with Gasteiger partial charge in [0, 0.05) is 32.5 Å². The molecule has 0 saturated carbocycles. The lowest BCUT2D eigenvalue weighted by atomic mass is 10.1. The summed E-state index contributed by atoms with van der Waals surface area (Å²) in [5.41, 5.74) is 0. The van der Waals surface area contributed by atoms with Crippen molar-refractivity contribution in [2.24, 2.45) is 0 Å². The number of hydrogen-bond donors (Lipinski definition) is 0. The molecule has 5 heteroatoms. The summed E-state index contributed by atoms with van der Waals surface area (Å²) >= 11 is 0. The van der Waals surface area contributed by atoms with Crippen LogP contribution < -0.4 is 0 Å². The number of ether oxygens (including phenoxy) is 1. The molecule has 0 unspecified atom stereocenters. The Morgan fingerprint density at radius 3 is 2.56 bits per heavy atom. The highest BCUT2D eigenvalue weighted by atomic mass is 16.5. The molecule has 0 aliphatic carbocycles. The first-order valence-electron chi connectivity index (χ1n) is 6.58. The highest BCUT2D eigenvalue weighted by molar-refractivity contribution is 5.84.